The number of hydrogen-bond donors (Lipinski definition) is 0. The number of hydrogen-bond acceptors (Lipinski definition) is 3. The molecular weight excluding hydrogens is 214 g/mol. The van der Waals surface area contributed by atoms with Crippen LogP contribution in [0.4, 0.5) is 5.69 Å². The zero-order valence-electron chi connectivity index (χ0n) is 10.2. The van der Waals surface area contributed by atoms with Gasteiger partial charge in [0.2, 0.25) is 0 Å². The number of para-hydroxylation sites is 1. The van der Waals surface area contributed by atoms with Crippen molar-refractivity contribution in [3.8, 4) is 0 Å². The number of ketones is 1. The highest BCUT2D eigenvalue weighted by Crippen LogP contribution is 2.13. The van der Waals surface area contributed by atoms with Crippen LogP contribution in [0.25, 0.3) is 0 Å². The molecule has 1 rings (SSSR count). The first-order valence-electron chi connectivity index (χ1n) is 5.85. The SMILES string of the molecule is CCC(=Nc1ccccc1)C(=O)C(C=O)CC. The second kappa shape index (κ2) is 6.74. The van der Waals surface area contributed by atoms with Crippen LogP contribution in [0.2, 0.25) is 0 Å². The van der Waals surface area contributed by atoms with Crippen LogP contribution in [0.5, 0.6) is 0 Å². The topological polar surface area (TPSA) is 46.5 Å². The van der Waals surface area contributed by atoms with Crippen molar-refractivity contribution in [2.45, 2.75) is 26.7 Å². The smallest absolute Gasteiger partial charge is 0.187 e. The maximum absolute atomic E-state index is 12.0. The van der Waals surface area contributed by atoms with Crippen molar-refractivity contribution in [3.63, 3.8) is 0 Å². The lowest BCUT2D eigenvalue weighted by Gasteiger charge is -2.07. The van der Waals surface area contributed by atoms with E-state index in [9.17, 15) is 9.59 Å². The third kappa shape index (κ3) is 3.63. The van der Waals surface area contributed by atoms with E-state index >= 15 is 0 Å². The van der Waals surface area contributed by atoms with Crippen molar-refractivity contribution >= 4 is 23.5 Å². The molecule has 17 heavy (non-hydrogen) atoms. The number of carbonyl (C=O) groups is 2. The molecule has 3 heteroatoms. The first-order chi connectivity index (χ1) is 8.22. The zero-order chi connectivity index (χ0) is 12.7. The molecular formula is C14H17NO2. The van der Waals surface area contributed by atoms with Crippen LogP contribution in [-0.4, -0.2) is 17.8 Å². The minimum absolute atomic E-state index is 0.158. The van der Waals surface area contributed by atoms with Gasteiger partial charge in [-0.2, -0.15) is 0 Å². The van der Waals surface area contributed by atoms with E-state index in [1.54, 1.807) is 0 Å². The molecule has 1 aromatic carbocycles. The van der Waals surface area contributed by atoms with Gasteiger partial charge in [-0.15, -0.1) is 0 Å². The predicted octanol–water partition coefficient (Wildman–Crippen LogP) is 2.96. The Kier molecular flexibility index (Phi) is 5.27. The maximum atomic E-state index is 12.0. The number of nitrogens with zero attached hydrogens (tertiary/aromatic N) is 1. The fraction of sp³-hybridized carbons (Fsp3) is 0.357. The van der Waals surface area contributed by atoms with Gasteiger partial charge in [0.1, 0.15) is 6.29 Å². The quantitative estimate of drug-likeness (QED) is 0.429. The van der Waals surface area contributed by atoms with E-state index in [0.717, 1.165) is 5.69 Å². The van der Waals surface area contributed by atoms with Crippen LogP contribution in [0.3, 0.4) is 0 Å². The summed E-state index contributed by atoms with van der Waals surface area (Å²) in [7, 11) is 0. The Morgan fingerprint density at radius 1 is 1.29 bits per heavy atom. The van der Waals surface area contributed by atoms with E-state index in [1.807, 2.05) is 44.2 Å². The van der Waals surface area contributed by atoms with Gasteiger partial charge in [-0.25, -0.2) is 4.99 Å². The minimum atomic E-state index is -0.558. The first-order valence-corrected chi connectivity index (χ1v) is 5.85. The molecule has 3 nitrogen and oxygen atoms in total. The van der Waals surface area contributed by atoms with Crippen molar-refractivity contribution in [1.29, 1.82) is 0 Å². The molecule has 0 fully saturated rings. The Morgan fingerprint density at radius 3 is 2.41 bits per heavy atom. The lowest BCUT2D eigenvalue weighted by molar-refractivity contribution is -0.122. The summed E-state index contributed by atoms with van der Waals surface area (Å²) in [6.45, 7) is 3.70. The monoisotopic (exact) mass is 231 g/mol. The fourth-order valence-corrected chi connectivity index (χ4v) is 1.52. The second-order valence-corrected chi connectivity index (χ2v) is 3.76. The van der Waals surface area contributed by atoms with Gasteiger partial charge in [-0.3, -0.25) is 4.79 Å². The summed E-state index contributed by atoms with van der Waals surface area (Å²) in [6, 6.07) is 9.31. The average Bonchev–Trinajstić information content (AvgIpc) is 2.38. The predicted molar refractivity (Wildman–Crippen MR) is 68.7 cm³/mol. The molecule has 0 aliphatic rings. The van der Waals surface area contributed by atoms with Crippen LogP contribution in [0.1, 0.15) is 26.7 Å². The standard InChI is InChI=1S/C14H17NO2/c1-3-11(10-16)14(17)13(4-2)15-12-8-6-5-7-9-12/h5-11H,3-4H2,1-2H3. The molecule has 90 valence electrons. The van der Waals surface area contributed by atoms with E-state index in [2.05, 4.69) is 4.99 Å². The highest BCUT2D eigenvalue weighted by atomic mass is 16.1. The fourth-order valence-electron chi connectivity index (χ4n) is 1.52. The third-order valence-corrected chi connectivity index (χ3v) is 2.58. The van der Waals surface area contributed by atoms with Crippen LogP contribution in [0.15, 0.2) is 35.3 Å². The van der Waals surface area contributed by atoms with Gasteiger partial charge >= 0.3 is 0 Å². The van der Waals surface area contributed by atoms with Crippen LogP contribution in [-0.2, 0) is 9.59 Å². The summed E-state index contributed by atoms with van der Waals surface area (Å²) in [5, 5.41) is 0. The Bertz CT molecular complexity index is 409. The molecule has 0 bridgehead atoms. The van der Waals surface area contributed by atoms with Crippen molar-refractivity contribution in [1.82, 2.24) is 0 Å². The Balaban J connectivity index is 2.95. The van der Waals surface area contributed by atoms with Crippen molar-refractivity contribution in [2.75, 3.05) is 0 Å². The molecule has 0 N–H and O–H groups in total. The van der Waals surface area contributed by atoms with E-state index in [-0.39, 0.29) is 5.78 Å². The lowest BCUT2D eigenvalue weighted by Crippen LogP contribution is -2.23. The zero-order valence-corrected chi connectivity index (χ0v) is 10.2. The Labute approximate surface area is 102 Å². The molecule has 1 unspecified atom stereocenters. The second-order valence-electron chi connectivity index (χ2n) is 3.76. The molecule has 0 radical (unpaired) electrons. The van der Waals surface area contributed by atoms with Gasteiger partial charge in [0.15, 0.2) is 5.78 Å². The molecule has 0 aliphatic carbocycles. The normalized spacial score (nSPS) is 13.2. The summed E-state index contributed by atoms with van der Waals surface area (Å²) in [4.78, 5) is 27.1. The molecule has 0 heterocycles. The summed E-state index contributed by atoms with van der Waals surface area (Å²) in [5.74, 6) is -0.716. The maximum Gasteiger partial charge on any atom is 0.187 e. The molecule has 0 amide bonds. The molecule has 0 saturated carbocycles. The summed E-state index contributed by atoms with van der Waals surface area (Å²) >= 11 is 0. The highest BCUT2D eigenvalue weighted by Gasteiger charge is 2.19. The number of aliphatic imine (C=N–C) groups is 1. The van der Waals surface area contributed by atoms with Gasteiger partial charge in [0, 0.05) is 0 Å². The van der Waals surface area contributed by atoms with Crippen LogP contribution >= 0.6 is 0 Å². The van der Waals surface area contributed by atoms with Crippen LogP contribution in [0, 0.1) is 5.92 Å². The largest absolute Gasteiger partial charge is 0.303 e. The molecule has 0 spiro atoms. The Morgan fingerprint density at radius 2 is 1.94 bits per heavy atom. The van der Waals surface area contributed by atoms with Crippen molar-refractivity contribution < 1.29 is 9.59 Å². The number of rotatable bonds is 6. The summed E-state index contributed by atoms with van der Waals surface area (Å²) < 4.78 is 0. The van der Waals surface area contributed by atoms with E-state index in [4.69, 9.17) is 0 Å². The molecule has 1 aromatic rings. The van der Waals surface area contributed by atoms with Gasteiger partial charge in [0.25, 0.3) is 0 Å². The summed E-state index contributed by atoms with van der Waals surface area (Å²) in [6.07, 6.45) is 1.77. The number of aldehydes is 1. The van der Waals surface area contributed by atoms with Gasteiger partial charge in [-0.1, -0.05) is 32.0 Å². The molecule has 0 saturated heterocycles. The Hall–Kier alpha value is -1.77. The van der Waals surface area contributed by atoms with E-state index < -0.39 is 5.92 Å². The number of Topliss-reactive ketones (excluding diaryl/α,β-unsaturated/α-hetero) is 1. The summed E-state index contributed by atoms with van der Waals surface area (Å²) in [5.41, 5.74) is 1.22. The molecule has 1 atom stereocenters. The van der Waals surface area contributed by atoms with Gasteiger partial charge in [0.05, 0.1) is 17.3 Å². The number of benzene rings is 1. The van der Waals surface area contributed by atoms with Crippen molar-refractivity contribution in [3.05, 3.63) is 30.3 Å². The highest BCUT2D eigenvalue weighted by molar-refractivity contribution is 6.43. The van der Waals surface area contributed by atoms with Crippen LogP contribution < -0.4 is 0 Å². The van der Waals surface area contributed by atoms with Gasteiger partial charge < -0.3 is 4.79 Å². The lowest BCUT2D eigenvalue weighted by atomic mass is 9.98. The molecule has 0 aliphatic heterocycles. The van der Waals surface area contributed by atoms with E-state index in [1.165, 1.54) is 0 Å². The van der Waals surface area contributed by atoms with Gasteiger partial charge in [-0.05, 0) is 25.0 Å². The molecule has 0 aromatic heterocycles. The minimum Gasteiger partial charge on any atom is -0.303 e. The first kappa shape index (κ1) is 13.3. The van der Waals surface area contributed by atoms with Crippen molar-refractivity contribution in [2.24, 2.45) is 10.9 Å². The average molecular weight is 231 g/mol. The third-order valence-electron chi connectivity index (χ3n) is 2.58. The van der Waals surface area contributed by atoms with E-state index in [0.29, 0.717) is 24.8 Å². The number of carbonyl (C=O) groups excluding carboxylic acids is 2.